The predicted molar refractivity (Wildman–Crippen MR) is 91.1 cm³/mol. The highest BCUT2D eigenvalue weighted by Gasteiger charge is 2.34. The number of hydrogen-bond acceptors (Lipinski definition) is 4. The number of piperidine rings is 1. The molecule has 1 aliphatic carbocycles. The van der Waals surface area contributed by atoms with Gasteiger partial charge in [-0.1, -0.05) is 6.07 Å². The summed E-state index contributed by atoms with van der Waals surface area (Å²) in [6.45, 7) is 4.57. The van der Waals surface area contributed by atoms with Crippen LogP contribution in [0.4, 0.5) is 0 Å². The Morgan fingerprint density at radius 1 is 1.35 bits per heavy atom. The van der Waals surface area contributed by atoms with Crippen molar-refractivity contribution in [2.75, 3.05) is 26.7 Å². The second-order valence-electron chi connectivity index (χ2n) is 6.98. The standard InChI is InChI=1S/C18H28N4O/c1-13-4-3-5-16(20-13)18(14-6-7-14)21-17(23)12-22(2)15-8-10-19-11-9-15/h3-5,14-15,18-19H,6-12H2,1-2H3,(H,21,23)/t18-/m1/s1. The Kier molecular flexibility index (Phi) is 5.28. The summed E-state index contributed by atoms with van der Waals surface area (Å²) in [7, 11) is 2.06. The summed E-state index contributed by atoms with van der Waals surface area (Å²) in [6, 6.07) is 6.65. The first-order valence-electron chi connectivity index (χ1n) is 8.77. The molecule has 1 aromatic heterocycles. The molecule has 1 aliphatic heterocycles. The average molecular weight is 316 g/mol. The summed E-state index contributed by atoms with van der Waals surface area (Å²) in [6.07, 6.45) is 4.61. The summed E-state index contributed by atoms with van der Waals surface area (Å²) in [5, 5.41) is 6.60. The number of nitrogens with one attached hydrogen (secondary N) is 2. The number of carbonyl (C=O) groups is 1. The number of aryl methyl sites for hydroxylation is 1. The first-order chi connectivity index (χ1) is 11.1. The van der Waals surface area contributed by atoms with Crippen LogP contribution in [0.2, 0.25) is 0 Å². The monoisotopic (exact) mass is 316 g/mol. The van der Waals surface area contributed by atoms with Crippen LogP contribution in [0, 0.1) is 12.8 Å². The largest absolute Gasteiger partial charge is 0.346 e. The Morgan fingerprint density at radius 2 is 2.09 bits per heavy atom. The van der Waals surface area contributed by atoms with Gasteiger partial charge in [-0.2, -0.15) is 0 Å². The van der Waals surface area contributed by atoms with Crippen LogP contribution in [0.25, 0.3) is 0 Å². The van der Waals surface area contributed by atoms with Gasteiger partial charge in [0.15, 0.2) is 0 Å². The summed E-state index contributed by atoms with van der Waals surface area (Å²) in [5.74, 6) is 0.670. The van der Waals surface area contributed by atoms with E-state index in [1.165, 1.54) is 12.8 Å². The SMILES string of the molecule is Cc1cccc([C@H](NC(=O)CN(C)C2CCNCC2)C2CC2)n1. The van der Waals surface area contributed by atoms with Crippen molar-refractivity contribution in [3.8, 4) is 0 Å². The molecule has 1 amide bonds. The minimum absolute atomic E-state index is 0.0730. The minimum atomic E-state index is 0.0730. The molecule has 1 saturated heterocycles. The first kappa shape index (κ1) is 16.4. The van der Waals surface area contributed by atoms with Crippen molar-refractivity contribution in [2.45, 2.75) is 44.7 Å². The molecule has 0 bridgehead atoms. The van der Waals surface area contributed by atoms with E-state index < -0.39 is 0 Å². The van der Waals surface area contributed by atoms with E-state index in [1.807, 2.05) is 25.1 Å². The van der Waals surface area contributed by atoms with E-state index in [0.29, 0.717) is 18.5 Å². The average Bonchev–Trinajstić information content (AvgIpc) is 3.38. The van der Waals surface area contributed by atoms with Gasteiger partial charge in [-0.15, -0.1) is 0 Å². The highest BCUT2D eigenvalue weighted by Crippen LogP contribution is 2.40. The molecule has 23 heavy (non-hydrogen) atoms. The molecule has 2 aliphatic rings. The molecule has 5 nitrogen and oxygen atoms in total. The third-order valence-corrected chi connectivity index (χ3v) is 4.96. The van der Waals surface area contributed by atoms with Crippen molar-refractivity contribution in [1.29, 1.82) is 0 Å². The van der Waals surface area contributed by atoms with Crippen molar-refractivity contribution in [3.05, 3.63) is 29.6 Å². The lowest BCUT2D eigenvalue weighted by Crippen LogP contribution is -2.46. The second kappa shape index (κ2) is 7.41. The van der Waals surface area contributed by atoms with Crippen molar-refractivity contribution in [1.82, 2.24) is 20.5 Å². The fourth-order valence-corrected chi connectivity index (χ4v) is 3.42. The quantitative estimate of drug-likeness (QED) is 0.838. The lowest BCUT2D eigenvalue weighted by molar-refractivity contribution is -0.123. The smallest absolute Gasteiger partial charge is 0.234 e. The number of likely N-dealkylation sites (N-methyl/N-ethyl adjacent to an activating group) is 1. The van der Waals surface area contributed by atoms with Crippen LogP contribution in [0.1, 0.15) is 43.1 Å². The first-order valence-corrected chi connectivity index (χ1v) is 8.77. The van der Waals surface area contributed by atoms with E-state index in [4.69, 9.17) is 0 Å². The Balaban J connectivity index is 1.58. The lowest BCUT2D eigenvalue weighted by Gasteiger charge is -2.31. The number of hydrogen-bond donors (Lipinski definition) is 2. The fraction of sp³-hybridized carbons (Fsp3) is 0.667. The van der Waals surface area contributed by atoms with Crippen LogP contribution in [0.3, 0.4) is 0 Å². The molecule has 0 radical (unpaired) electrons. The molecule has 2 N–H and O–H groups in total. The zero-order valence-electron chi connectivity index (χ0n) is 14.2. The normalized spacial score (nSPS) is 20.5. The molecule has 2 fully saturated rings. The Labute approximate surface area is 138 Å². The summed E-state index contributed by atoms with van der Waals surface area (Å²) in [5.41, 5.74) is 2.01. The summed E-state index contributed by atoms with van der Waals surface area (Å²) >= 11 is 0. The molecule has 3 rings (SSSR count). The topological polar surface area (TPSA) is 57.3 Å². The lowest BCUT2D eigenvalue weighted by atomic mass is 10.1. The van der Waals surface area contributed by atoms with E-state index >= 15 is 0 Å². The highest BCUT2D eigenvalue weighted by molar-refractivity contribution is 5.78. The molecule has 0 unspecified atom stereocenters. The Hall–Kier alpha value is -1.46. The molecule has 1 aromatic rings. The maximum Gasteiger partial charge on any atom is 0.234 e. The Morgan fingerprint density at radius 3 is 2.74 bits per heavy atom. The van der Waals surface area contributed by atoms with Crippen LogP contribution < -0.4 is 10.6 Å². The van der Waals surface area contributed by atoms with Gasteiger partial charge in [0, 0.05) is 11.7 Å². The van der Waals surface area contributed by atoms with Gasteiger partial charge in [0.25, 0.3) is 0 Å². The molecule has 1 saturated carbocycles. The third-order valence-electron chi connectivity index (χ3n) is 4.96. The predicted octanol–water partition coefficient (Wildman–Crippen LogP) is 1.64. The van der Waals surface area contributed by atoms with E-state index in [9.17, 15) is 4.79 Å². The van der Waals surface area contributed by atoms with E-state index in [-0.39, 0.29) is 11.9 Å². The van der Waals surface area contributed by atoms with Crippen molar-refractivity contribution in [2.24, 2.45) is 5.92 Å². The number of amides is 1. The molecule has 126 valence electrons. The van der Waals surface area contributed by atoms with Crippen molar-refractivity contribution >= 4 is 5.91 Å². The van der Waals surface area contributed by atoms with Crippen LogP contribution in [-0.2, 0) is 4.79 Å². The van der Waals surface area contributed by atoms with Crippen LogP contribution >= 0.6 is 0 Å². The molecular weight excluding hydrogens is 288 g/mol. The minimum Gasteiger partial charge on any atom is -0.346 e. The molecule has 0 aromatic carbocycles. The van der Waals surface area contributed by atoms with E-state index in [2.05, 4.69) is 27.6 Å². The number of aromatic nitrogens is 1. The third kappa shape index (κ3) is 4.52. The fourth-order valence-electron chi connectivity index (χ4n) is 3.42. The molecule has 0 spiro atoms. The maximum atomic E-state index is 12.5. The van der Waals surface area contributed by atoms with Gasteiger partial charge in [-0.05, 0) is 70.8 Å². The van der Waals surface area contributed by atoms with Crippen LogP contribution in [-0.4, -0.2) is 48.5 Å². The van der Waals surface area contributed by atoms with Crippen molar-refractivity contribution < 1.29 is 4.79 Å². The second-order valence-corrected chi connectivity index (χ2v) is 6.98. The zero-order chi connectivity index (χ0) is 16.2. The van der Waals surface area contributed by atoms with Gasteiger partial charge < -0.3 is 10.6 Å². The number of nitrogens with zero attached hydrogens (tertiary/aromatic N) is 2. The molecule has 5 heteroatoms. The molecule has 1 atom stereocenters. The number of pyridine rings is 1. The summed E-state index contributed by atoms with van der Waals surface area (Å²) < 4.78 is 0. The van der Waals surface area contributed by atoms with Crippen LogP contribution in [0.5, 0.6) is 0 Å². The summed E-state index contributed by atoms with van der Waals surface area (Å²) in [4.78, 5) is 19.3. The van der Waals surface area contributed by atoms with E-state index in [1.54, 1.807) is 0 Å². The molecule has 2 heterocycles. The maximum absolute atomic E-state index is 12.5. The highest BCUT2D eigenvalue weighted by atomic mass is 16.2. The number of carbonyl (C=O) groups excluding carboxylic acids is 1. The van der Waals surface area contributed by atoms with Gasteiger partial charge >= 0.3 is 0 Å². The Bertz CT molecular complexity index is 538. The van der Waals surface area contributed by atoms with Crippen molar-refractivity contribution in [3.63, 3.8) is 0 Å². The number of rotatable bonds is 6. The van der Waals surface area contributed by atoms with Gasteiger partial charge in [-0.25, -0.2) is 0 Å². The van der Waals surface area contributed by atoms with Crippen LogP contribution in [0.15, 0.2) is 18.2 Å². The van der Waals surface area contributed by atoms with Gasteiger partial charge in [-0.3, -0.25) is 14.7 Å². The van der Waals surface area contributed by atoms with Gasteiger partial charge in [0.1, 0.15) is 0 Å². The van der Waals surface area contributed by atoms with Gasteiger partial charge in [0.05, 0.1) is 18.3 Å². The van der Waals surface area contributed by atoms with E-state index in [0.717, 1.165) is 37.3 Å². The van der Waals surface area contributed by atoms with Gasteiger partial charge in [0.2, 0.25) is 5.91 Å². The molecular formula is C18H28N4O. The zero-order valence-corrected chi connectivity index (χ0v) is 14.2.